The Morgan fingerprint density at radius 3 is 2.00 bits per heavy atom. The molecular formula is C23H28F6N4O5S. The van der Waals surface area contributed by atoms with E-state index in [2.05, 4.69) is 44.2 Å². The maximum absolute atomic E-state index is 10.6. The van der Waals surface area contributed by atoms with Crippen LogP contribution in [0.4, 0.5) is 26.3 Å². The third kappa shape index (κ3) is 11.4. The lowest BCUT2D eigenvalue weighted by molar-refractivity contribution is -0.193. The first-order valence-corrected chi connectivity index (χ1v) is 12.5. The van der Waals surface area contributed by atoms with Gasteiger partial charge in [-0.1, -0.05) is 6.07 Å². The molecule has 9 nitrogen and oxygen atoms in total. The molecule has 218 valence electrons. The summed E-state index contributed by atoms with van der Waals surface area (Å²) < 4.78 is 69.7. The van der Waals surface area contributed by atoms with Gasteiger partial charge < -0.3 is 14.9 Å². The fraction of sp³-hybridized carbons (Fsp3) is 0.565. The molecule has 0 saturated carbocycles. The highest BCUT2D eigenvalue weighted by atomic mass is 32.1. The van der Waals surface area contributed by atoms with Crippen LogP contribution in [0.5, 0.6) is 0 Å². The number of hydrogen-bond acceptors (Lipinski definition) is 8. The fourth-order valence-corrected chi connectivity index (χ4v) is 4.51. The number of ether oxygens (including phenoxy) is 1. The largest absolute Gasteiger partial charge is 0.490 e. The van der Waals surface area contributed by atoms with Crippen molar-refractivity contribution in [2.75, 3.05) is 32.8 Å². The van der Waals surface area contributed by atoms with Gasteiger partial charge in [-0.25, -0.2) is 14.6 Å². The lowest BCUT2D eigenvalue weighted by Gasteiger charge is -2.47. The Hall–Kier alpha value is -2.82. The number of likely N-dealkylation sites (tertiary alicyclic amines) is 1. The first-order valence-electron chi connectivity index (χ1n) is 11.6. The van der Waals surface area contributed by atoms with Crippen LogP contribution in [0.2, 0.25) is 0 Å². The molecule has 4 heterocycles. The zero-order chi connectivity index (χ0) is 29.3. The predicted molar refractivity (Wildman–Crippen MR) is 127 cm³/mol. The number of nitrogens with zero attached hydrogens (tertiary/aromatic N) is 4. The van der Waals surface area contributed by atoms with Crippen LogP contribution < -0.4 is 0 Å². The van der Waals surface area contributed by atoms with E-state index in [0.29, 0.717) is 0 Å². The molecule has 1 spiro atoms. The number of thiazole rings is 1. The summed E-state index contributed by atoms with van der Waals surface area (Å²) in [6, 6.07) is 6.15. The maximum atomic E-state index is 10.6. The van der Waals surface area contributed by atoms with Crippen LogP contribution in [0.3, 0.4) is 0 Å². The van der Waals surface area contributed by atoms with E-state index in [1.807, 2.05) is 12.3 Å². The Morgan fingerprint density at radius 1 is 0.974 bits per heavy atom. The lowest BCUT2D eigenvalue weighted by Crippen LogP contribution is -2.56. The molecule has 0 aromatic carbocycles. The summed E-state index contributed by atoms with van der Waals surface area (Å²) in [5.41, 5.74) is 2.39. The molecule has 2 aromatic heterocycles. The van der Waals surface area contributed by atoms with Crippen LogP contribution in [0, 0.1) is 6.92 Å². The minimum atomic E-state index is -5.08. The molecule has 0 unspecified atom stereocenters. The number of rotatable bonds is 4. The molecule has 2 saturated heterocycles. The smallest absolute Gasteiger partial charge is 0.475 e. The monoisotopic (exact) mass is 586 g/mol. The molecule has 39 heavy (non-hydrogen) atoms. The third-order valence-corrected chi connectivity index (χ3v) is 6.57. The molecule has 2 aliphatic rings. The number of aromatic nitrogens is 2. The number of aliphatic carboxylic acids is 2. The summed E-state index contributed by atoms with van der Waals surface area (Å²) in [6.45, 7) is 9.00. The highest BCUT2D eigenvalue weighted by Gasteiger charge is 2.40. The van der Waals surface area contributed by atoms with E-state index in [9.17, 15) is 26.3 Å². The number of carboxylic acids is 2. The Balaban J connectivity index is 0.000000317. The van der Waals surface area contributed by atoms with E-state index in [1.54, 1.807) is 11.3 Å². The van der Waals surface area contributed by atoms with Crippen LogP contribution in [-0.2, 0) is 27.4 Å². The van der Waals surface area contributed by atoms with Crippen LogP contribution >= 0.6 is 11.3 Å². The summed E-state index contributed by atoms with van der Waals surface area (Å²) in [7, 11) is 0. The van der Waals surface area contributed by atoms with Gasteiger partial charge in [-0.05, 0) is 31.9 Å². The predicted octanol–water partition coefficient (Wildman–Crippen LogP) is 3.98. The summed E-state index contributed by atoms with van der Waals surface area (Å²) >= 11 is 1.74. The highest BCUT2D eigenvalue weighted by molar-refractivity contribution is 7.09. The Kier molecular flexibility index (Phi) is 11.6. The zero-order valence-electron chi connectivity index (χ0n) is 20.8. The van der Waals surface area contributed by atoms with Gasteiger partial charge in [-0.3, -0.25) is 14.8 Å². The average Bonchev–Trinajstić information content (AvgIpc) is 3.25. The number of carbonyl (C=O) groups is 2. The summed E-state index contributed by atoms with van der Waals surface area (Å²) in [6.07, 6.45) is -6.08. The van der Waals surface area contributed by atoms with Gasteiger partial charge >= 0.3 is 24.3 Å². The van der Waals surface area contributed by atoms with E-state index in [1.165, 1.54) is 5.69 Å². The third-order valence-electron chi connectivity index (χ3n) is 5.74. The number of piperidine rings is 1. The molecule has 2 fully saturated rings. The topological polar surface area (TPSA) is 116 Å². The van der Waals surface area contributed by atoms with E-state index < -0.39 is 24.3 Å². The van der Waals surface area contributed by atoms with Gasteiger partial charge in [0, 0.05) is 50.8 Å². The number of alkyl halides is 6. The average molecular weight is 587 g/mol. The number of carboxylic acid groups (broad SMARTS) is 2. The van der Waals surface area contributed by atoms with Gasteiger partial charge in [0.05, 0.1) is 28.6 Å². The first kappa shape index (κ1) is 32.4. The molecule has 2 N–H and O–H groups in total. The van der Waals surface area contributed by atoms with Crippen molar-refractivity contribution in [1.29, 1.82) is 0 Å². The Labute approximate surface area is 224 Å². The minimum Gasteiger partial charge on any atom is -0.475 e. The van der Waals surface area contributed by atoms with Crippen LogP contribution in [0.15, 0.2) is 29.8 Å². The number of aryl methyl sites for hydroxylation is 1. The van der Waals surface area contributed by atoms with Gasteiger partial charge in [0.15, 0.2) is 0 Å². The molecule has 0 bridgehead atoms. The summed E-state index contributed by atoms with van der Waals surface area (Å²) in [4.78, 5) is 31.9. The van der Waals surface area contributed by atoms with Crippen LogP contribution in [-0.4, -0.2) is 92.7 Å². The van der Waals surface area contributed by atoms with E-state index in [0.717, 1.165) is 69.4 Å². The van der Waals surface area contributed by atoms with Crippen LogP contribution in [0.25, 0.3) is 0 Å². The zero-order valence-corrected chi connectivity index (χ0v) is 21.7. The molecule has 0 atom stereocenters. The molecule has 2 aliphatic heterocycles. The minimum absolute atomic E-state index is 0.0293. The second-order valence-electron chi connectivity index (χ2n) is 8.80. The Bertz CT molecular complexity index is 1040. The second-order valence-corrected chi connectivity index (χ2v) is 9.87. The Morgan fingerprint density at radius 2 is 1.54 bits per heavy atom. The summed E-state index contributed by atoms with van der Waals surface area (Å²) in [5.74, 6) is -5.51. The fourth-order valence-electron chi connectivity index (χ4n) is 3.91. The molecule has 16 heteroatoms. The van der Waals surface area contributed by atoms with Crippen molar-refractivity contribution in [2.45, 2.75) is 50.8 Å². The number of hydrogen-bond donors (Lipinski definition) is 2. The van der Waals surface area contributed by atoms with Crippen molar-refractivity contribution in [3.8, 4) is 0 Å². The lowest BCUT2D eigenvalue weighted by atomic mass is 9.89. The van der Waals surface area contributed by atoms with E-state index in [-0.39, 0.29) is 5.60 Å². The molecule has 0 radical (unpaired) electrons. The van der Waals surface area contributed by atoms with Gasteiger partial charge in [0.25, 0.3) is 0 Å². The second kappa shape index (κ2) is 14.0. The number of morpholine rings is 1. The quantitative estimate of drug-likeness (QED) is 0.514. The molecule has 4 rings (SSSR count). The molecule has 0 aliphatic carbocycles. The van der Waals surface area contributed by atoms with Gasteiger partial charge in [0.2, 0.25) is 0 Å². The maximum Gasteiger partial charge on any atom is 0.490 e. The van der Waals surface area contributed by atoms with Gasteiger partial charge in [0.1, 0.15) is 0 Å². The normalized spacial score (nSPS) is 17.9. The van der Waals surface area contributed by atoms with Crippen molar-refractivity contribution >= 4 is 23.3 Å². The van der Waals surface area contributed by atoms with Crippen molar-refractivity contribution in [1.82, 2.24) is 19.8 Å². The standard InChI is InChI=1S/C19H26N4OS.2C2HF3O2/c1-16-21-18(14-25-16)13-22-8-5-19(6-9-22)15-23(10-11-24-19)12-17-4-2-3-7-20-17;2*3-2(4,5)1(6)7/h2-4,7,14H,5-6,8-13,15H2,1H3;2*(H,6,7). The van der Waals surface area contributed by atoms with Crippen molar-refractivity contribution in [2.24, 2.45) is 0 Å². The number of pyridine rings is 1. The summed E-state index contributed by atoms with van der Waals surface area (Å²) in [5, 5.41) is 17.6. The molecular weight excluding hydrogens is 558 g/mol. The SMILES string of the molecule is Cc1nc(CN2CCC3(CC2)CN(Cc2ccccn2)CCO3)cs1.O=C(O)C(F)(F)F.O=C(O)C(F)(F)F. The van der Waals surface area contributed by atoms with Crippen molar-refractivity contribution in [3.63, 3.8) is 0 Å². The highest BCUT2D eigenvalue weighted by Crippen LogP contribution is 2.31. The number of halogens is 6. The molecule has 0 amide bonds. The van der Waals surface area contributed by atoms with E-state index in [4.69, 9.17) is 24.5 Å². The van der Waals surface area contributed by atoms with Gasteiger partial charge in [-0.15, -0.1) is 11.3 Å². The first-order chi connectivity index (χ1) is 18.1. The van der Waals surface area contributed by atoms with Gasteiger partial charge in [-0.2, -0.15) is 26.3 Å². The van der Waals surface area contributed by atoms with Crippen molar-refractivity contribution < 1.29 is 50.9 Å². The van der Waals surface area contributed by atoms with Crippen LogP contribution in [0.1, 0.15) is 29.2 Å². The van der Waals surface area contributed by atoms with E-state index >= 15 is 0 Å². The molecule has 2 aromatic rings. The van der Waals surface area contributed by atoms with Crippen molar-refractivity contribution in [3.05, 3.63) is 46.2 Å².